The molecule has 8 heteroatoms. The van der Waals surface area contributed by atoms with E-state index in [2.05, 4.69) is 5.32 Å². The van der Waals surface area contributed by atoms with Gasteiger partial charge in [-0.1, -0.05) is 12.1 Å². The number of ether oxygens (including phenoxy) is 2. The van der Waals surface area contributed by atoms with E-state index in [4.69, 9.17) is 9.47 Å². The molecular formula is C16H17NO7. The number of carbonyl (C=O) groups is 3. The van der Waals surface area contributed by atoms with E-state index in [9.17, 15) is 24.6 Å². The van der Waals surface area contributed by atoms with Crippen molar-refractivity contribution in [1.82, 2.24) is 5.32 Å². The Morgan fingerprint density at radius 1 is 1.21 bits per heavy atom. The van der Waals surface area contributed by atoms with Gasteiger partial charge in [0.1, 0.15) is 11.8 Å². The van der Waals surface area contributed by atoms with Crippen LogP contribution < -0.4 is 5.32 Å². The first kappa shape index (κ1) is 17.3. The third kappa shape index (κ3) is 4.25. The highest BCUT2D eigenvalue weighted by molar-refractivity contribution is 6.15. The quantitative estimate of drug-likeness (QED) is 0.408. The minimum Gasteiger partial charge on any atom is -0.508 e. The van der Waals surface area contributed by atoms with Crippen LogP contribution in [-0.2, 0) is 30.3 Å². The highest BCUT2D eigenvalue weighted by Crippen LogP contribution is 2.22. The predicted molar refractivity (Wildman–Crippen MR) is 80.7 cm³/mol. The summed E-state index contributed by atoms with van der Waals surface area (Å²) in [5, 5.41) is 21.0. The Hall–Kier alpha value is -3.03. The van der Waals surface area contributed by atoms with Crippen molar-refractivity contribution in [2.75, 3.05) is 0 Å². The average molecular weight is 335 g/mol. The van der Waals surface area contributed by atoms with Crippen LogP contribution in [0.5, 0.6) is 5.75 Å². The lowest BCUT2D eigenvalue weighted by molar-refractivity contribution is -0.222. The number of hydrogen-bond acceptors (Lipinski definition) is 7. The molecule has 128 valence electrons. The van der Waals surface area contributed by atoms with Gasteiger partial charge in [0, 0.05) is 26.5 Å². The summed E-state index contributed by atoms with van der Waals surface area (Å²) >= 11 is 0. The number of phenols is 1. The van der Waals surface area contributed by atoms with Crippen LogP contribution in [0.25, 0.3) is 0 Å². The molecule has 0 aromatic heterocycles. The molecule has 1 aromatic rings. The molecule has 1 fully saturated rings. The molecule has 0 saturated carbocycles. The normalized spacial score (nSPS) is 17.5. The zero-order chi connectivity index (χ0) is 17.9. The zero-order valence-electron chi connectivity index (χ0n) is 13.1. The van der Waals surface area contributed by atoms with Crippen LogP contribution in [0.15, 0.2) is 36.0 Å². The van der Waals surface area contributed by atoms with Gasteiger partial charge in [0.15, 0.2) is 5.57 Å². The van der Waals surface area contributed by atoms with E-state index in [0.717, 1.165) is 6.20 Å². The highest BCUT2D eigenvalue weighted by atomic mass is 16.7. The van der Waals surface area contributed by atoms with Crippen LogP contribution in [-0.4, -0.2) is 39.9 Å². The van der Waals surface area contributed by atoms with E-state index in [1.165, 1.54) is 26.0 Å². The molecule has 1 aliphatic rings. The van der Waals surface area contributed by atoms with Gasteiger partial charge < -0.3 is 25.0 Å². The smallest absolute Gasteiger partial charge is 0.350 e. The summed E-state index contributed by atoms with van der Waals surface area (Å²) in [4.78, 5) is 34.9. The lowest BCUT2D eigenvalue weighted by Gasteiger charge is -2.29. The topological polar surface area (TPSA) is 122 Å². The molecule has 8 nitrogen and oxygen atoms in total. The van der Waals surface area contributed by atoms with Crippen molar-refractivity contribution >= 4 is 17.9 Å². The van der Waals surface area contributed by atoms with Gasteiger partial charge in [0.2, 0.25) is 0 Å². The SMILES string of the molecule is CC1(C)OC(=O)C(=CN[C@@H](Cc2ccc(O)cc2)C(=O)O)C(=O)O1. The average Bonchev–Trinajstić information content (AvgIpc) is 2.45. The summed E-state index contributed by atoms with van der Waals surface area (Å²) in [5.74, 6) is -4.24. The number of nitrogens with one attached hydrogen (secondary N) is 1. The number of carbonyl (C=O) groups excluding carboxylic acids is 2. The molecule has 0 unspecified atom stereocenters. The first-order valence-electron chi connectivity index (χ1n) is 7.11. The third-order valence-corrected chi connectivity index (χ3v) is 3.22. The maximum Gasteiger partial charge on any atom is 0.350 e. The number of esters is 2. The van der Waals surface area contributed by atoms with Crippen LogP contribution in [0.4, 0.5) is 0 Å². The third-order valence-electron chi connectivity index (χ3n) is 3.22. The molecule has 3 N–H and O–H groups in total. The number of carboxylic acid groups (broad SMARTS) is 1. The molecule has 1 saturated heterocycles. The number of aromatic hydroxyl groups is 1. The van der Waals surface area contributed by atoms with Crippen LogP contribution in [0.1, 0.15) is 19.4 Å². The Bertz CT molecular complexity index is 669. The Morgan fingerprint density at radius 2 is 1.75 bits per heavy atom. The van der Waals surface area contributed by atoms with E-state index in [1.807, 2.05) is 0 Å². The number of benzene rings is 1. The number of phenolic OH excluding ortho intramolecular Hbond substituents is 1. The molecule has 0 bridgehead atoms. The lowest BCUT2D eigenvalue weighted by atomic mass is 10.1. The Balaban J connectivity index is 2.10. The van der Waals surface area contributed by atoms with Crippen molar-refractivity contribution < 1.29 is 34.1 Å². The number of rotatable bonds is 5. The molecule has 24 heavy (non-hydrogen) atoms. The van der Waals surface area contributed by atoms with Crippen molar-refractivity contribution in [3.63, 3.8) is 0 Å². The van der Waals surface area contributed by atoms with E-state index < -0.39 is 35.3 Å². The maximum atomic E-state index is 11.8. The van der Waals surface area contributed by atoms with Gasteiger partial charge >= 0.3 is 17.9 Å². The van der Waals surface area contributed by atoms with Crippen molar-refractivity contribution in [1.29, 1.82) is 0 Å². The Labute approximate surface area is 137 Å². The summed E-state index contributed by atoms with van der Waals surface area (Å²) in [5.41, 5.74) is 0.243. The van der Waals surface area contributed by atoms with Crippen molar-refractivity contribution in [3.05, 3.63) is 41.6 Å². The second-order valence-electron chi connectivity index (χ2n) is 5.66. The molecule has 0 amide bonds. The van der Waals surface area contributed by atoms with Crippen LogP contribution in [0, 0.1) is 0 Å². The largest absolute Gasteiger partial charge is 0.508 e. The van der Waals surface area contributed by atoms with Crippen LogP contribution in [0.2, 0.25) is 0 Å². The molecule has 1 aliphatic heterocycles. The second-order valence-corrected chi connectivity index (χ2v) is 5.66. The summed E-state index contributed by atoms with van der Waals surface area (Å²) in [6.45, 7) is 2.83. The fraction of sp³-hybridized carbons (Fsp3) is 0.312. The van der Waals surface area contributed by atoms with Gasteiger partial charge in [0.05, 0.1) is 0 Å². The zero-order valence-corrected chi connectivity index (χ0v) is 13.1. The number of hydrogen-bond donors (Lipinski definition) is 3. The fourth-order valence-corrected chi connectivity index (χ4v) is 2.05. The number of cyclic esters (lactones) is 2. The molecule has 1 aromatic carbocycles. The maximum absolute atomic E-state index is 11.8. The lowest BCUT2D eigenvalue weighted by Crippen LogP contribution is -2.43. The van der Waals surface area contributed by atoms with E-state index in [-0.39, 0.29) is 12.2 Å². The monoisotopic (exact) mass is 335 g/mol. The fourth-order valence-electron chi connectivity index (χ4n) is 2.05. The molecule has 0 radical (unpaired) electrons. The predicted octanol–water partition coefficient (Wildman–Crippen LogP) is 0.697. The van der Waals surface area contributed by atoms with Gasteiger partial charge in [-0.25, -0.2) is 14.4 Å². The van der Waals surface area contributed by atoms with Crippen molar-refractivity contribution in [2.45, 2.75) is 32.1 Å². The Kier molecular flexibility index (Phi) is 4.77. The first-order valence-corrected chi connectivity index (χ1v) is 7.11. The van der Waals surface area contributed by atoms with E-state index in [0.29, 0.717) is 5.56 Å². The molecule has 1 heterocycles. The van der Waals surface area contributed by atoms with Crippen molar-refractivity contribution in [3.8, 4) is 5.75 Å². The van der Waals surface area contributed by atoms with E-state index >= 15 is 0 Å². The van der Waals surface area contributed by atoms with Gasteiger partial charge in [-0.15, -0.1) is 0 Å². The van der Waals surface area contributed by atoms with Crippen LogP contribution >= 0.6 is 0 Å². The summed E-state index contributed by atoms with van der Waals surface area (Å²) in [6, 6.07) is 4.94. The second kappa shape index (κ2) is 6.61. The molecule has 2 rings (SSSR count). The van der Waals surface area contributed by atoms with Gasteiger partial charge in [-0.3, -0.25) is 0 Å². The van der Waals surface area contributed by atoms with E-state index in [1.54, 1.807) is 12.1 Å². The summed E-state index contributed by atoms with van der Waals surface area (Å²) in [7, 11) is 0. The molecule has 1 atom stereocenters. The van der Waals surface area contributed by atoms with Crippen molar-refractivity contribution in [2.24, 2.45) is 0 Å². The molecular weight excluding hydrogens is 318 g/mol. The number of aliphatic carboxylic acids is 1. The van der Waals surface area contributed by atoms with Gasteiger partial charge in [-0.2, -0.15) is 0 Å². The highest BCUT2D eigenvalue weighted by Gasteiger charge is 2.39. The molecule has 0 spiro atoms. The van der Waals surface area contributed by atoms with Gasteiger partial charge in [-0.05, 0) is 17.7 Å². The molecule has 0 aliphatic carbocycles. The minimum absolute atomic E-state index is 0.0658. The first-order chi connectivity index (χ1) is 11.2. The van der Waals surface area contributed by atoms with Gasteiger partial charge in [0.25, 0.3) is 5.79 Å². The standard InChI is InChI=1S/C16H17NO7/c1-16(2)23-14(21)11(15(22)24-16)8-17-12(13(19)20)7-9-3-5-10(18)6-4-9/h3-6,8,12,17-18H,7H2,1-2H3,(H,19,20)/t12-/m0/s1. The number of carboxylic acids is 1. The van der Waals surface area contributed by atoms with Crippen LogP contribution in [0.3, 0.4) is 0 Å². The minimum atomic E-state index is -1.36. The Morgan fingerprint density at radius 3 is 2.25 bits per heavy atom. The summed E-state index contributed by atoms with van der Waals surface area (Å²) in [6.07, 6.45) is 1.06. The summed E-state index contributed by atoms with van der Waals surface area (Å²) < 4.78 is 9.83.